The van der Waals surface area contributed by atoms with Gasteiger partial charge in [-0.15, -0.1) is 0 Å². The molecule has 0 bridgehead atoms. The van der Waals surface area contributed by atoms with E-state index in [1.54, 1.807) is 6.92 Å². The molecular weight excluding hydrogens is 422 g/mol. The molecule has 1 atom stereocenters. The van der Waals surface area contributed by atoms with Crippen LogP contribution in [0.15, 0.2) is 17.0 Å². The Morgan fingerprint density at radius 1 is 1.26 bits per heavy atom. The molecule has 1 fully saturated rings. The number of likely N-dealkylation sites (tertiary alicyclic amines) is 1. The first-order valence-electron chi connectivity index (χ1n) is 10.6. The maximum absolute atomic E-state index is 13.5. The predicted molar refractivity (Wildman–Crippen MR) is 118 cm³/mol. The molecule has 2 N–H and O–H groups in total. The third-order valence-electron chi connectivity index (χ3n) is 5.53. The lowest BCUT2D eigenvalue weighted by molar-refractivity contribution is -0.144. The van der Waals surface area contributed by atoms with Crippen molar-refractivity contribution in [3.63, 3.8) is 0 Å². The van der Waals surface area contributed by atoms with E-state index in [1.165, 1.54) is 31.1 Å². The Labute approximate surface area is 184 Å². The molecule has 1 aromatic rings. The van der Waals surface area contributed by atoms with Crippen molar-refractivity contribution < 1.29 is 27.5 Å². The number of methoxy groups -OCH3 is 1. The summed E-state index contributed by atoms with van der Waals surface area (Å²) in [7, 11) is -2.27. The van der Waals surface area contributed by atoms with Crippen molar-refractivity contribution in [1.82, 2.24) is 9.80 Å². The molecule has 0 unspecified atom stereocenters. The summed E-state index contributed by atoms with van der Waals surface area (Å²) in [5.41, 5.74) is 5.99. The standard InChI is InChI=1S/C21H33N3O6S/c1-5-23-10-8-9-15(23)13-24(14-20(25)30-6-2)21(26)16-11-19(31(27,28)7-3)17(22)12-18(16)29-4/h11-12,15H,5-10,13-14,22H2,1-4H3/t15-/m1/s1. The van der Waals surface area contributed by atoms with Crippen LogP contribution in [0.2, 0.25) is 0 Å². The number of amides is 1. The van der Waals surface area contributed by atoms with Crippen LogP contribution in [0.4, 0.5) is 5.69 Å². The molecule has 1 aromatic carbocycles. The largest absolute Gasteiger partial charge is 0.496 e. The van der Waals surface area contributed by atoms with Crippen molar-refractivity contribution in [3.05, 3.63) is 17.7 Å². The molecule has 31 heavy (non-hydrogen) atoms. The van der Waals surface area contributed by atoms with Crippen LogP contribution in [0, 0.1) is 0 Å². The minimum Gasteiger partial charge on any atom is -0.496 e. The van der Waals surface area contributed by atoms with E-state index in [1.807, 2.05) is 0 Å². The number of nitrogen functional groups attached to an aromatic ring is 1. The van der Waals surface area contributed by atoms with Gasteiger partial charge in [0, 0.05) is 18.7 Å². The molecule has 1 saturated heterocycles. The van der Waals surface area contributed by atoms with Crippen molar-refractivity contribution >= 4 is 27.4 Å². The van der Waals surface area contributed by atoms with Gasteiger partial charge in [-0.25, -0.2) is 8.42 Å². The fraction of sp³-hybridized carbons (Fsp3) is 0.619. The highest BCUT2D eigenvalue weighted by Crippen LogP contribution is 2.31. The minimum absolute atomic E-state index is 0.0140. The second-order valence-electron chi connectivity index (χ2n) is 7.41. The first-order chi connectivity index (χ1) is 14.7. The number of rotatable bonds is 10. The molecule has 0 radical (unpaired) electrons. The third-order valence-corrected chi connectivity index (χ3v) is 7.31. The normalized spacial score (nSPS) is 16.8. The van der Waals surface area contributed by atoms with Crippen LogP contribution in [0.1, 0.15) is 44.0 Å². The van der Waals surface area contributed by atoms with Crippen LogP contribution < -0.4 is 10.5 Å². The van der Waals surface area contributed by atoms with Crippen molar-refractivity contribution in [2.45, 2.75) is 44.6 Å². The molecule has 9 nitrogen and oxygen atoms in total. The van der Waals surface area contributed by atoms with Crippen LogP contribution in [0.5, 0.6) is 5.75 Å². The minimum atomic E-state index is -3.65. The number of benzene rings is 1. The monoisotopic (exact) mass is 455 g/mol. The van der Waals surface area contributed by atoms with Crippen LogP contribution in [-0.2, 0) is 19.4 Å². The lowest BCUT2D eigenvalue weighted by atomic mass is 10.1. The Kier molecular flexibility index (Phi) is 8.69. The van der Waals surface area contributed by atoms with Crippen molar-refractivity contribution in [3.8, 4) is 5.75 Å². The molecule has 2 rings (SSSR count). The van der Waals surface area contributed by atoms with Gasteiger partial charge in [0.25, 0.3) is 5.91 Å². The fourth-order valence-corrected chi connectivity index (χ4v) is 4.89. The van der Waals surface area contributed by atoms with E-state index in [0.29, 0.717) is 6.54 Å². The number of hydrogen-bond donors (Lipinski definition) is 1. The van der Waals surface area contributed by atoms with Gasteiger partial charge in [0.05, 0.1) is 35.6 Å². The number of carbonyl (C=O) groups is 2. The van der Waals surface area contributed by atoms with Crippen LogP contribution in [0.25, 0.3) is 0 Å². The highest BCUT2D eigenvalue weighted by molar-refractivity contribution is 7.91. The summed E-state index contributed by atoms with van der Waals surface area (Å²) in [4.78, 5) is 29.3. The highest BCUT2D eigenvalue weighted by Gasteiger charge is 2.31. The second kappa shape index (κ2) is 10.8. The molecule has 174 valence electrons. The fourth-order valence-electron chi connectivity index (χ4n) is 3.86. The Balaban J connectivity index is 2.46. The molecule has 1 aliphatic heterocycles. The highest BCUT2D eigenvalue weighted by atomic mass is 32.2. The summed E-state index contributed by atoms with van der Waals surface area (Å²) in [6.07, 6.45) is 1.93. The summed E-state index contributed by atoms with van der Waals surface area (Å²) < 4.78 is 35.3. The quantitative estimate of drug-likeness (QED) is 0.417. The average Bonchev–Trinajstić information content (AvgIpc) is 3.19. The zero-order valence-electron chi connectivity index (χ0n) is 18.7. The Hall–Kier alpha value is -2.33. The van der Waals surface area contributed by atoms with E-state index < -0.39 is 21.7 Å². The van der Waals surface area contributed by atoms with Gasteiger partial charge in [0.2, 0.25) is 0 Å². The molecule has 0 aromatic heterocycles. The molecular formula is C21H33N3O6S. The summed E-state index contributed by atoms with van der Waals surface area (Å²) in [6, 6.07) is 2.70. The first-order valence-corrected chi connectivity index (χ1v) is 12.2. The summed E-state index contributed by atoms with van der Waals surface area (Å²) >= 11 is 0. The number of ether oxygens (including phenoxy) is 2. The first kappa shape index (κ1) is 24.9. The SMILES string of the molecule is CCOC(=O)CN(C[C@H]1CCCN1CC)C(=O)c1cc(S(=O)(=O)CC)c(N)cc1OC. The van der Waals surface area contributed by atoms with Gasteiger partial charge in [0.15, 0.2) is 9.84 Å². The maximum atomic E-state index is 13.5. The van der Waals surface area contributed by atoms with Gasteiger partial charge >= 0.3 is 5.97 Å². The summed E-state index contributed by atoms with van der Waals surface area (Å²) in [6.45, 7) is 7.34. The number of sulfone groups is 1. The summed E-state index contributed by atoms with van der Waals surface area (Å²) in [5.74, 6) is -1.02. The molecule has 0 spiro atoms. The van der Waals surface area contributed by atoms with Gasteiger partial charge < -0.3 is 20.1 Å². The lowest BCUT2D eigenvalue weighted by Gasteiger charge is -2.30. The van der Waals surface area contributed by atoms with E-state index in [9.17, 15) is 18.0 Å². The zero-order valence-corrected chi connectivity index (χ0v) is 19.5. The average molecular weight is 456 g/mol. The number of esters is 1. The molecule has 1 amide bonds. The van der Waals surface area contributed by atoms with Gasteiger partial charge in [-0.2, -0.15) is 0 Å². The Bertz CT molecular complexity index is 903. The number of nitrogens with two attached hydrogens (primary N) is 1. The number of nitrogens with zero attached hydrogens (tertiary/aromatic N) is 2. The molecule has 0 saturated carbocycles. The lowest BCUT2D eigenvalue weighted by Crippen LogP contribution is -2.45. The molecule has 1 heterocycles. The van der Waals surface area contributed by atoms with E-state index in [2.05, 4.69) is 11.8 Å². The second-order valence-corrected chi connectivity index (χ2v) is 9.66. The van der Waals surface area contributed by atoms with E-state index in [4.69, 9.17) is 15.2 Å². The third kappa shape index (κ3) is 5.88. The van der Waals surface area contributed by atoms with E-state index >= 15 is 0 Å². The van der Waals surface area contributed by atoms with Crippen LogP contribution in [-0.4, -0.2) is 81.8 Å². The topological polar surface area (TPSA) is 119 Å². The smallest absolute Gasteiger partial charge is 0.325 e. The van der Waals surface area contributed by atoms with Gasteiger partial charge in [-0.1, -0.05) is 13.8 Å². The van der Waals surface area contributed by atoms with Crippen molar-refractivity contribution in [1.29, 1.82) is 0 Å². The number of anilines is 1. The molecule has 1 aliphatic rings. The molecule has 0 aliphatic carbocycles. The van der Waals surface area contributed by atoms with Gasteiger partial charge in [-0.3, -0.25) is 14.5 Å². The van der Waals surface area contributed by atoms with Gasteiger partial charge in [0.1, 0.15) is 12.3 Å². The van der Waals surface area contributed by atoms with Crippen LogP contribution in [0.3, 0.4) is 0 Å². The van der Waals surface area contributed by atoms with Crippen molar-refractivity contribution in [2.75, 3.05) is 51.4 Å². The van der Waals surface area contributed by atoms with Crippen molar-refractivity contribution in [2.24, 2.45) is 0 Å². The number of likely N-dealkylation sites (N-methyl/N-ethyl adjacent to an activating group) is 1. The van der Waals surface area contributed by atoms with E-state index in [-0.39, 0.29) is 46.8 Å². The van der Waals surface area contributed by atoms with E-state index in [0.717, 1.165) is 25.9 Å². The zero-order chi connectivity index (χ0) is 23.2. The predicted octanol–water partition coefficient (Wildman–Crippen LogP) is 1.56. The maximum Gasteiger partial charge on any atom is 0.325 e. The summed E-state index contributed by atoms with van der Waals surface area (Å²) in [5, 5.41) is 0. The number of hydrogen-bond acceptors (Lipinski definition) is 8. The Morgan fingerprint density at radius 3 is 2.55 bits per heavy atom. The molecule has 10 heteroatoms. The Morgan fingerprint density at radius 2 is 1.97 bits per heavy atom. The van der Waals surface area contributed by atoms with Gasteiger partial charge in [-0.05, 0) is 38.9 Å². The number of carbonyl (C=O) groups excluding carboxylic acids is 2. The van der Waals surface area contributed by atoms with Crippen LogP contribution >= 0.6 is 0 Å².